The van der Waals surface area contributed by atoms with Crippen LogP contribution in [0.2, 0.25) is 5.02 Å². The molecular weight excluding hydrogens is 416 g/mol. The van der Waals surface area contributed by atoms with Gasteiger partial charge in [0, 0.05) is 16.3 Å². The van der Waals surface area contributed by atoms with Crippen molar-refractivity contribution >= 4 is 44.7 Å². The van der Waals surface area contributed by atoms with Gasteiger partial charge in [-0.2, -0.15) is 0 Å². The first-order chi connectivity index (χ1) is 13.6. The molecule has 2 aromatic carbocycles. The van der Waals surface area contributed by atoms with E-state index in [9.17, 15) is 18.0 Å². The second-order valence-electron chi connectivity index (χ2n) is 6.43. The first kappa shape index (κ1) is 22.7. The van der Waals surface area contributed by atoms with Crippen LogP contribution >= 0.6 is 11.6 Å². The van der Waals surface area contributed by atoms with Gasteiger partial charge in [-0.3, -0.25) is 13.9 Å². The highest BCUT2D eigenvalue weighted by Crippen LogP contribution is 2.35. The van der Waals surface area contributed by atoms with Crippen LogP contribution in [0.1, 0.15) is 30.6 Å². The molecule has 0 aliphatic heterocycles. The second kappa shape index (κ2) is 9.28. The number of anilines is 2. The van der Waals surface area contributed by atoms with Gasteiger partial charge in [-0.1, -0.05) is 30.7 Å². The van der Waals surface area contributed by atoms with E-state index in [4.69, 9.17) is 16.3 Å². The molecular formula is C20H23ClN2O5S. The van der Waals surface area contributed by atoms with Gasteiger partial charge in [-0.25, -0.2) is 8.42 Å². The molecule has 156 valence electrons. The standard InChI is InChI=1S/C20H23ClN2O5S/c1-5-17(20(25)22-16-8-6-7-14(11-16)13(2)24)23(29(4,26)27)18-12-15(21)9-10-19(18)28-3/h6-12,17H,5H2,1-4H3,(H,22,25). The zero-order chi connectivity index (χ0) is 21.8. The summed E-state index contributed by atoms with van der Waals surface area (Å²) in [6, 6.07) is 9.93. The molecule has 29 heavy (non-hydrogen) atoms. The Bertz CT molecular complexity index is 1020. The van der Waals surface area contributed by atoms with E-state index >= 15 is 0 Å². The molecule has 0 aromatic heterocycles. The molecule has 0 saturated carbocycles. The number of carbonyl (C=O) groups is 2. The van der Waals surface area contributed by atoms with Gasteiger partial charge >= 0.3 is 0 Å². The number of hydrogen-bond acceptors (Lipinski definition) is 5. The molecule has 1 atom stereocenters. The molecule has 1 unspecified atom stereocenters. The molecule has 0 fully saturated rings. The van der Waals surface area contributed by atoms with Crippen LogP contribution in [0.5, 0.6) is 5.75 Å². The van der Waals surface area contributed by atoms with E-state index < -0.39 is 22.0 Å². The van der Waals surface area contributed by atoms with E-state index in [1.54, 1.807) is 31.2 Å². The lowest BCUT2D eigenvalue weighted by Crippen LogP contribution is -2.47. The predicted molar refractivity (Wildman–Crippen MR) is 114 cm³/mol. The van der Waals surface area contributed by atoms with Crippen molar-refractivity contribution in [1.82, 2.24) is 0 Å². The third kappa shape index (κ3) is 5.48. The van der Waals surface area contributed by atoms with Crippen molar-refractivity contribution in [3.8, 4) is 5.75 Å². The van der Waals surface area contributed by atoms with Crippen molar-refractivity contribution in [3.05, 3.63) is 53.1 Å². The molecule has 0 radical (unpaired) electrons. The topological polar surface area (TPSA) is 92.8 Å². The Morgan fingerprint density at radius 2 is 1.90 bits per heavy atom. The highest BCUT2D eigenvalue weighted by Gasteiger charge is 2.33. The van der Waals surface area contributed by atoms with Crippen LogP contribution in [0.15, 0.2) is 42.5 Å². The quantitative estimate of drug-likeness (QED) is 0.634. The van der Waals surface area contributed by atoms with Crippen LogP contribution in [0.25, 0.3) is 0 Å². The highest BCUT2D eigenvalue weighted by atomic mass is 35.5. The number of nitrogens with zero attached hydrogens (tertiary/aromatic N) is 1. The minimum atomic E-state index is -3.86. The molecule has 0 heterocycles. The second-order valence-corrected chi connectivity index (χ2v) is 8.72. The smallest absolute Gasteiger partial charge is 0.248 e. The summed E-state index contributed by atoms with van der Waals surface area (Å²) in [6.07, 6.45) is 1.21. The normalized spacial score (nSPS) is 12.2. The van der Waals surface area contributed by atoms with Crippen molar-refractivity contribution in [2.75, 3.05) is 23.0 Å². The number of hydrogen-bond donors (Lipinski definition) is 1. The fourth-order valence-electron chi connectivity index (χ4n) is 2.91. The zero-order valence-electron chi connectivity index (χ0n) is 16.6. The van der Waals surface area contributed by atoms with Crippen LogP contribution in [0.4, 0.5) is 11.4 Å². The minimum absolute atomic E-state index is 0.144. The summed E-state index contributed by atoms with van der Waals surface area (Å²) < 4.78 is 31.5. The van der Waals surface area contributed by atoms with Crippen molar-refractivity contribution in [3.63, 3.8) is 0 Å². The molecule has 0 saturated heterocycles. The summed E-state index contributed by atoms with van der Waals surface area (Å²) in [5, 5.41) is 3.00. The number of carbonyl (C=O) groups excluding carboxylic acids is 2. The maximum Gasteiger partial charge on any atom is 0.248 e. The Labute approximate surface area is 175 Å². The van der Waals surface area contributed by atoms with E-state index in [-0.39, 0.29) is 23.6 Å². The number of methoxy groups -OCH3 is 1. The number of benzene rings is 2. The van der Waals surface area contributed by atoms with E-state index in [1.807, 2.05) is 0 Å². The number of Topliss-reactive ketones (excluding diaryl/α,β-unsaturated/α-hetero) is 1. The number of rotatable bonds is 8. The first-order valence-corrected chi connectivity index (χ1v) is 11.1. The fourth-order valence-corrected chi connectivity index (χ4v) is 4.29. The maximum absolute atomic E-state index is 13.0. The fraction of sp³-hybridized carbons (Fsp3) is 0.300. The number of amides is 1. The van der Waals surface area contributed by atoms with Crippen LogP contribution in [-0.4, -0.2) is 39.5 Å². The Hall–Kier alpha value is -2.58. The van der Waals surface area contributed by atoms with Crippen molar-refractivity contribution in [2.45, 2.75) is 26.3 Å². The molecule has 2 rings (SSSR count). The van der Waals surface area contributed by atoms with Crippen molar-refractivity contribution in [2.24, 2.45) is 0 Å². The Balaban J connectivity index is 2.47. The Morgan fingerprint density at radius 1 is 1.21 bits per heavy atom. The number of ether oxygens (including phenoxy) is 1. The third-order valence-corrected chi connectivity index (χ3v) is 5.65. The summed E-state index contributed by atoms with van der Waals surface area (Å²) in [4.78, 5) is 24.6. The van der Waals surface area contributed by atoms with Gasteiger partial charge in [0.05, 0.1) is 19.1 Å². The summed E-state index contributed by atoms with van der Waals surface area (Å²) in [5.41, 5.74) is 1.00. The van der Waals surface area contributed by atoms with E-state index in [1.165, 1.54) is 32.2 Å². The highest BCUT2D eigenvalue weighted by molar-refractivity contribution is 7.92. The van der Waals surface area contributed by atoms with Gasteiger partial charge in [-0.05, 0) is 43.7 Å². The lowest BCUT2D eigenvalue weighted by molar-refractivity contribution is -0.117. The number of halogens is 1. The summed E-state index contributed by atoms with van der Waals surface area (Å²) >= 11 is 6.06. The largest absolute Gasteiger partial charge is 0.495 e. The van der Waals surface area contributed by atoms with Crippen LogP contribution < -0.4 is 14.4 Å². The number of ketones is 1. The van der Waals surface area contributed by atoms with Crippen molar-refractivity contribution < 1.29 is 22.7 Å². The molecule has 0 aliphatic carbocycles. The van der Waals surface area contributed by atoms with Gasteiger partial charge in [0.25, 0.3) is 0 Å². The zero-order valence-corrected chi connectivity index (χ0v) is 18.2. The van der Waals surface area contributed by atoms with Gasteiger partial charge in [0.2, 0.25) is 15.9 Å². The maximum atomic E-state index is 13.0. The Morgan fingerprint density at radius 3 is 2.45 bits per heavy atom. The molecule has 0 spiro atoms. The molecule has 9 heteroatoms. The monoisotopic (exact) mass is 438 g/mol. The van der Waals surface area contributed by atoms with Crippen molar-refractivity contribution in [1.29, 1.82) is 0 Å². The van der Waals surface area contributed by atoms with E-state index in [0.29, 0.717) is 16.3 Å². The Kier molecular flexibility index (Phi) is 7.26. The van der Waals surface area contributed by atoms with Crippen LogP contribution in [0, 0.1) is 0 Å². The summed E-state index contributed by atoms with van der Waals surface area (Å²) in [6.45, 7) is 3.12. The lowest BCUT2D eigenvalue weighted by Gasteiger charge is -2.31. The average Bonchev–Trinajstić information content (AvgIpc) is 2.65. The average molecular weight is 439 g/mol. The van der Waals surface area contributed by atoms with E-state index in [2.05, 4.69) is 5.32 Å². The molecule has 0 aliphatic rings. The molecule has 1 N–H and O–H groups in total. The van der Waals surface area contributed by atoms with Gasteiger partial charge in [0.1, 0.15) is 11.8 Å². The van der Waals surface area contributed by atoms with Crippen LogP contribution in [0.3, 0.4) is 0 Å². The lowest BCUT2D eigenvalue weighted by atomic mass is 10.1. The molecule has 1 amide bonds. The molecule has 2 aromatic rings. The SMILES string of the molecule is CCC(C(=O)Nc1cccc(C(C)=O)c1)N(c1cc(Cl)ccc1OC)S(C)(=O)=O. The predicted octanol–water partition coefficient (Wildman–Crippen LogP) is 3.73. The van der Waals surface area contributed by atoms with E-state index in [0.717, 1.165) is 10.6 Å². The molecule has 7 nitrogen and oxygen atoms in total. The van der Waals surface area contributed by atoms with Gasteiger partial charge in [-0.15, -0.1) is 0 Å². The minimum Gasteiger partial charge on any atom is -0.495 e. The number of sulfonamides is 1. The summed E-state index contributed by atoms with van der Waals surface area (Å²) in [5.74, 6) is -0.417. The first-order valence-electron chi connectivity index (χ1n) is 8.83. The molecule has 0 bridgehead atoms. The van der Waals surface area contributed by atoms with Gasteiger partial charge < -0.3 is 10.1 Å². The van der Waals surface area contributed by atoms with Gasteiger partial charge in [0.15, 0.2) is 5.78 Å². The number of nitrogens with one attached hydrogen (secondary N) is 1. The van der Waals surface area contributed by atoms with Crippen LogP contribution in [-0.2, 0) is 14.8 Å². The summed E-state index contributed by atoms with van der Waals surface area (Å²) in [7, 11) is -2.45. The third-order valence-electron chi connectivity index (χ3n) is 4.24.